The number of hydrogen-bond acceptors (Lipinski definition) is 6. The molecule has 1 atom stereocenters. The number of carbonyl (C=O) groups excluding carboxylic acids is 2. The van der Waals surface area contributed by atoms with Gasteiger partial charge < -0.3 is 9.84 Å². The number of aliphatic hydroxyl groups excluding tert-OH is 1. The Morgan fingerprint density at radius 1 is 1.09 bits per heavy atom. The average molecular weight is 535 g/mol. The topological polar surface area (TPSA) is 79.7 Å². The Hall–Kier alpha value is -3.49. The number of aliphatic hydroxyl groups is 1. The average Bonchev–Trinajstić information content (AvgIpc) is 3.36. The number of aromatic nitrogens is 1. The Morgan fingerprint density at radius 3 is 2.65 bits per heavy atom. The van der Waals surface area contributed by atoms with E-state index in [1.54, 1.807) is 24.3 Å². The van der Waals surface area contributed by atoms with Crippen LogP contribution in [-0.4, -0.2) is 28.9 Å². The van der Waals surface area contributed by atoms with Crippen LogP contribution in [-0.2, 0) is 9.59 Å². The molecule has 170 valence electrons. The zero-order valence-corrected chi connectivity index (χ0v) is 20.7. The first-order valence-electron chi connectivity index (χ1n) is 10.5. The predicted molar refractivity (Wildman–Crippen MR) is 136 cm³/mol. The highest BCUT2D eigenvalue weighted by Crippen LogP contribution is 2.44. The number of Topliss-reactive ketones (excluding diaryl/α,β-unsaturated/α-hetero) is 1. The van der Waals surface area contributed by atoms with E-state index in [-0.39, 0.29) is 11.3 Å². The quantitative estimate of drug-likeness (QED) is 0.197. The van der Waals surface area contributed by atoms with Gasteiger partial charge in [-0.2, -0.15) is 0 Å². The molecule has 1 amide bonds. The highest BCUT2D eigenvalue weighted by atomic mass is 79.9. The number of amides is 1. The van der Waals surface area contributed by atoms with Crippen molar-refractivity contribution in [3.8, 4) is 5.75 Å². The number of hydrogen-bond donors (Lipinski definition) is 1. The van der Waals surface area contributed by atoms with Gasteiger partial charge in [0.25, 0.3) is 5.78 Å². The zero-order valence-electron chi connectivity index (χ0n) is 18.3. The van der Waals surface area contributed by atoms with E-state index in [9.17, 15) is 14.7 Å². The number of thiazole rings is 1. The van der Waals surface area contributed by atoms with Crippen LogP contribution in [0.2, 0.25) is 0 Å². The molecule has 0 spiro atoms. The number of aryl methyl sites for hydroxylation is 1. The maximum atomic E-state index is 13.3. The lowest BCUT2D eigenvalue weighted by Crippen LogP contribution is -2.29. The van der Waals surface area contributed by atoms with E-state index in [2.05, 4.69) is 20.9 Å². The molecule has 0 radical (unpaired) electrons. The van der Waals surface area contributed by atoms with Gasteiger partial charge in [-0.1, -0.05) is 57.6 Å². The molecule has 1 saturated heterocycles. The van der Waals surface area contributed by atoms with Crippen molar-refractivity contribution < 1.29 is 19.4 Å². The molecule has 3 aromatic carbocycles. The number of nitrogens with zero attached hydrogens (tertiary/aromatic N) is 2. The number of fused-ring (bicyclic) bond motifs is 1. The van der Waals surface area contributed by atoms with E-state index in [4.69, 9.17) is 4.74 Å². The molecule has 1 aliphatic rings. The molecule has 34 heavy (non-hydrogen) atoms. The molecule has 8 heteroatoms. The number of benzene rings is 3. The minimum absolute atomic E-state index is 0.00629. The summed E-state index contributed by atoms with van der Waals surface area (Å²) >= 11 is 4.81. The molecule has 2 heterocycles. The van der Waals surface area contributed by atoms with Gasteiger partial charge in [0.15, 0.2) is 5.13 Å². The number of rotatable bonds is 4. The lowest BCUT2D eigenvalue weighted by atomic mass is 9.95. The molecule has 1 aromatic heterocycles. The molecular formula is C26H19BrN2O4S. The van der Waals surface area contributed by atoms with Crippen molar-refractivity contribution in [3.05, 3.63) is 93.5 Å². The molecule has 0 saturated carbocycles. The molecule has 6 nitrogen and oxygen atoms in total. The summed E-state index contributed by atoms with van der Waals surface area (Å²) in [6, 6.07) is 19.1. The van der Waals surface area contributed by atoms with Crippen LogP contribution in [0.15, 0.2) is 76.8 Å². The fourth-order valence-electron chi connectivity index (χ4n) is 4.07. The molecule has 4 aromatic rings. The van der Waals surface area contributed by atoms with Gasteiger partial charge in [-0.3, -0.25) is 14.5 Å². The maximum absolute atomic E-state index is 13.3. The van der Waals surface area contributed by atoms with Crippen molar-refractivity contribution in [1.82, 2.24) is 4.98 Å². The molecule has 0 aliphatic carbocycles. The lowest BCUT2D eigenvalue weighted by molar-refractivity contribution is -0.132. The van der Waals surface area contributed by atoms with Crippen molar-refractivity contribution in [2.75, 3.05) is 12.0 Å². The van der Waals surface area contributed by atoms with Gasteiger partial charge in [-0.15, -0.1) is 0 Å². The van der Waals surface area contributed by atoms with E-state index >= 15 is 0 Å². The Labute approximate surface area is 208 Å². The Morgan fingerprint density at radius 2 is 1.88 bits per heavy atom. The number of methoxy groups -OCH3 is 1. The summed E-state index contributed by atoms with van der Waals surface area (Å²) in [7, 11) is 1.52. The van der Waals surface area contributed by atoms with Crippen molar-refractivity contribution in [1.29, 1.82) is 0 Å². The van der Waals surface area contributed by atoms with Crippen LogP contribution in [0.5, 0.6) is 5.75 Å². The number of anilines is 1. The van der Waals surface area contributed by atoms with Crippen molar-refractivity contribution in [2.24, 2.45) is 0 Å². The SMILES string of the molecule is COc1cccc(/C(O)=C2\C(=O)C(=O)N(c3nc4ccc(C)cc4s3)C2c2cccc(Br)c2)c1. The summed E-state index contributed by atoms with van der Waals surface area (Å²) in [5, 5.41) is 11.7. The van der Waals surface area contributed by atoms with Crippen LogP contribution >= 0.6 is 27.3 Å². The highest BCUT2D eigenvalue weighted by molar-refractivity contribution is 9.10. The monoisotopic (exact) mass is 534 g/mol. The molecule has 1 unspecified atom stereocenters. The number of carbonyl (C=O) groups is 2. The standard InChI is InChI=1S/C26H19BrN2O4S/c1-14-9-10-19-20(11-14)34-26(28-19)29-22(15-5-3-7-17(27)12-15)21(24(31)25(29)32)23(30)16-6-4-8-18(13-16)33-2/h3-13,22,30H,1-2H3/b23-21+. The minimum atomic E-state index is -0.842. The number of ketones is 1. The second kappa shape index (κ2) is 8.70. The van der Waals surface area contributed by atoms with Gasteiger partial charge in [-0.25, -0.2) is 4.98 Å². The fraction of sp³-hybridized carbons (Fsp3) is 0.115. The molecule has 5 rings (SSSR count). The number of ether oxygens (including phenoxy) is 1. The predicted octanol–water partition coefficient (Wildman–Crippen LogP) is 6.00. The Balaban J connectivity index is 1.74. The molecule has 1 fully saturated rings. The summed E-state index contributed by atoms with van der Waals surface area (Å²) in [5.41, 5.74) is 2.89. The third-order valence-corrected chi connectivity index (χ3v) is 7.20. The maximum Gasteiger partial charge on any atom is 0.301 e. The normalized spacial score (nSPS) is 17.5. The largest absolute Gasteiger partial charge is 0.507 e. The summed E-state index contributed by atoms with van der Waals surface area (Å²) in [5.74, 6) is -1.23. The van der Waals surface area contributed by atoms with Crippen molar-refractivity contribution in [3.63, 3.8) is 0 Å². The lowest BCUT2D eigenvalue weighted by Gasteiger charge is -2.23. The number of halogens is 1. The zero-order chi connectivity index (χ0) is 24.0. The molecule has 1 aliphatic heterocycles. The highest BCUT2D eigenvalue weighted by Gasteiger charge is 2.48. The second-order valence-corrected chi connectivity index (χ2v) is 9.85. The minimum Gasteiger partial charge on any atom is -0.507 e. The van der Waals surface area contributed by atoms with Crippen molar-refractivity contribution in [2.45, 2.75) is 13.0 Å². The summed E-state index contributed by atoms with van der Waals surface area (Å²) in [6.07, 6.45) is 0. The first-order chi connectivity index (χ1) is 16.4. The van der Waals surface area contributed by atoms with Crippen LogP contribution in [0.1, 0.15) is 22.7 Å². The van der Waals surface area contributed by atoms with Crippen LogP contribution in [0, 0.1) is 6.92 Å². The van der Waals surface area contributed by atoms with Gasteiger partial charge in [0, 0.05) is 10.0 Å². The van der Waals surface area contributed by atoms with E-state index < -0.39 is 17.7 Å². The summed E-state index contributed by atoms with van der Waals surface area (Å²) in [4.78, 5) is 32.7. The second-order valence-electron chi connectivity index (χ2n) is 7.92. The molecule has 1 N–H and O–H groups in total. The van der Waals surface area contributed by atoms with Crippen LogP contribution in [0.3, 0.4) is 0 Å². The molecular weight excluding hydrogens is 516 g/mol. The van der Waals surface area contributed by atoms with Gasteiger partial charge >= 0.3 is 5.91 Å². The smallest absolute Gasteiger partial charge is 0.301 e. The van der Waals surface area contributed by atoms with E-state index in [0.29, 0.717) is 22.0 Å². The van der Waals surface area contributed by atoms with Gasteiger partial charge in [0.1, 0.15) is 11.5 Å². The third kappa shape index (κ3) is 3.78. The third-order valence-electron chi connectivity index (χ3n) is 5.69. The van der Waals surface area contributed by atoms with Gasteiger partial charge in [0.2, 0.25) is 0 Å². The fourth-order valence-corrected chi connectivity index (χ4v) is 5.58. The van der Waals surface area contributed by atoms with E-state index in [1.165, 1.54) is 23.3 Å². The first kappa shape index (κ1) is 22.3. The van der Waals surface area contributed by atoms with E-state index in [1.807, 2.05) is 49.4 Å². The summed E-state index contributed by atoms with van der Waals surface area (Å²) in [6.45, 7) is 1.99. The van der Waals surface area contributed by atoms with Crippen molar-refractivity contribution >= 4 is 60.1 Å². The van der Waals surface area contributed by atoms with Crippen LogP contribution in [0.4, 0.5) is 5.13 Å². The molecule has 0 bridgehead atoms. The van der Waals surface area contributed by atoms with Gasteiger partial charge in [0.05, 0.1) is 28.9 Å². The van der Waals surface area contributed by atoms with Crippen LogP contribution in [0.25, 0.3) is 16.0 Å². The Bertz CT molecular complexity index is 1490. The van der Waals surface area contributed by atoms with Crippen LogP contribution < -0.4 is 9.64 Å². The van der Waals surface area contributed by atoms with E-state index in [0.717, 1.165) is 20.3 Å². The van der Waals surface area contributed by atoms with Gasteiger partial charge in [-0.05, 0) is 54.4 Å². The first-order valence-corrected chi connectivity index (χ1v) is 12.1. The Kier molecular flexibility index (Phi) is 5.71. The summed E-state index contributed by atoms with van der Waals surface area (Å²) < 4.78 is 6.97.